The van der Waals surface area contributed by atoms with Gasteiger partial charge in [-0.2, -0.15) is 0 Å². The summed E-state index contributed by atoms with van der Waals surface area (Å²) in [6.07, 6.45) is 0.990. The van der Waals surface area contributed by atoms with Crippen molar-refractivity contribution in [1.29, 1.82) is 0 Å². The smallest absolute Gasteiger partial charge is 0.629 e. The maximum atomic E-state index is 5.56. The van der Waals surface area contributed by atoms with E-state index in [4.69, 9.17) is 4.74 Å². The molecule has 3 heteroatoms. The van der Waals surface area contributed by atoms with Crippen molar-refractivity contribution in [3.05, 3.63) is 41.2 Å². The Bertz CT molecular complexity index is 300. The van der Waals surface area contributed by atoms with Crippen LogP contribution in [0.3, 0.4) is 0 Å². The second-order valence-corrected chi connectivity index (χ2v) is 4.23. The first-order chi connectivity index (χ1) is 6.66. The number of hydrogen-bond donors (Lipinski definition) is 0. The van der Waals surface area contributed by atoms with E-state index in [1.807, 2.05) is 19.9 Å². The average Bonchev–Trinajstić information content (AvgIpc) is 2.47. The molecule has 1 fully saturated rings. The van der Waals surface area contributed by atoms with Gasteiger partial charge in [0.15, 0.2) is 0 Å². The van der Waals surface area contributed by atoms with Crippen molar-refractivity contribution in [3.63, 3.8) is 0 Å². The molecule has 0 N–H and O–H groups in total. The molecule has 15 heavy (non-hydrogen) atoms. The Morgan fingerprint density at radius 2 is 2.00 bits per heavy atom. The van der Waals surface area contributed by atoms with E-state index in [9.17, 15) is 0 Å². The molecule has 0 unspecified atom stereocenters. The van der Waals surface area contributed by atoms with E-state index in [0.29, 0.717) is 6.04 Å². The molecule has 1 aliphatic rings. The van der Waals surface area contributed by atoms with Crippen LogP contribution in [0.15, 0.2) is 30.3 Å². The first-order valence-electron chi connectivity index (χ1n) is 5.06. The van der Waals surface area contributed by atoms with Crippen molar-refractivity contribution in [1.82, 2.24) is 0 Å². The van der Waals surface area contributed by atoms with Crippen LogP contribution >= 0.6 is 0 Å². The molecule has 0 saturated carbocycles. The van der Waals surface area contributed by atoms with Gasteiger partial charge in [-0.15, -0.1) is 6.04 Å². The van der Waals surface area contributed by atoms with E-state index in [0.717, 1.165) is 13.0 Å². The summed E-state index contributed by atoms with van der Waals surface area (Å²) in [4.78, 5) is 0. The number of ether oxygens (including phenoxy) is 1. The zero-order valence-corrected chi connectivity index (χ0v) is 9.73. The average molecular weight is 197 g/mol. The largest absolute Gasteiger partial charge is 1.00 e. The van der Waals surface area contributed by atoms with Gasteiger partial charge < -0.3 is 10.1 Å². The Balaban J connectivity index is 0.00000112. The van der Waals surface area contributed by atoms with Gasteiger partial charge in [0.25, 0.3) is 0 Å². The summed E-state index contributed by atoms with van der Waals surface area (Å²) in [5.74, 6) is 0. The number of rotatable bonds is 2. The normalized spacial score (nSPS) is 23.5. The number of benzene rings is 1. The molecule has 1 aliphatic heterocycles. The maximum Gasteiger partial charge on any atom is 1.00 e. The molecule has 76 valence electrons. The molecule has 0 bridgehead atoms. The zero-order valence-electron chi connectivity index (χ0n) is 9.73. The molecule has 2 rings (SSSR count). The Labute approximate surface area is 104 Å². The van der Waals surface area contributed by atoms with E-state index < -0.39 is 0 Å². The molecular formula is C12H16LiNO. The molecule has 1 atom stereocenters. The van der Waals surface area contributed by atoms with Crippen LogP contribution < -0.4 is 18.9 Å². The molecule has 0 aliphatic carbocycles. The van der Waals surface area contributed by atoms with Crippen molar-refractivity contribution in [2.75, 3.05) is 6.61 Å². The Hall–Kier alpha value is -0.263. The summed E-state index contributed by atoms with van der Waals surface area (Å²) in [6, 6.07) is 10.8. The first-order valence-corrected chi connectivity index (χ1v) is 5.06. The van der Waals surface area contributed by atoms with Gasteiger partial charge in [0.05, 0.1) is 0 Å². The summed E-state index contributed by atoms with van der Waals surface area (Å²) in [5.41, 5.74) is 1.06. The second kappa shape index (κ2) is 5.18. The summed E-state index contributed by atoms with van der Waals surface area (Å²) >= 11 is 0. The molecule has 1 heterocycles. The van der Waals surface area contributed by atoms with E-state index in [1.165, 1.54) is 5.56 Å². The second-order valence-electron chi connectivity index (χ2n) is 4.23. The predicted octanol–water partition coefficient (Wildman–Crippen LogP) is -0.258. The SMILES string of the molecule is CC1(C)[N-][C@@H](Cc2ccccc2)CO1.[Li+]. The summed E-state index contributed by atoms with van der Waals surface area (Å²) in [7, 11) is 0. The Morgan fingerprint density at radius 3 is 2.53 bits per heavy atom. The fourth-order valence-electron chi connectivity index (χ4n) is 1.81. The van der Waals surface area contributed by atoms with E-state index in [-0.39, 0.29) is 24.6 Å². The third kappa shape index (κ3) is 3.66. The minimum atomic E-state index is -0.278. The van der Waals surface area contributed by atoms with Crippen LogP contribution in [-0.2, 0) is 11.2 Å². The third-order valence-electron chi connectivity index (χ3n) is 2.44. The van der Waals surface area contributed by atoms with Gasteiger partial charge in [0, 0.05) is 6.61 Å². The molecule has 0 spiro atoms. The van der Waals surface area contributed by atoms with Crippen LogP contribution in [-0.4, -0.2) is 18.4 Å². The fourth-order valence-corrected chi connectivity index (χ4v) is 1.81. The third-order valence-corrected chi connectivity index (χ3v) is 2.44. The van der Waals surface area contributed by atoms with Crippen LogP contribution in [0.4, 0.5) is 0 Å². The fraction of sp³-hybridized carbons (Fsp3) is 0.500. The first kappa shape index (κ1) is 12.8. The minimum absolute atomic E-state index is 0. The van der Waals surface area contributed by atoms with Crippen molar-refractivity contribution in [3.8, 4) is 0 Å². The summed E-state index contributed by atoms with van der Waals surface area (Å²) in [6.45, 7) is 4.78. The standard InChI is InChI=1S/C12H16NO.Li/c1-12(2)13-11(9-14-12)8-10-6-4-3-5-7-10;/h3-7,11H,8-9H2,1-2H3;/q-1;+1/t11-;/m0./s1. The zero-order chi connectivity index (χ0) is 10.0. The quantitative estimate of drug-likeness (QED) is 0.599. The van der Waals surface area contributed by atoms with Crippen molar-refractivity contribution < 1.29 is 23.6 Å². The van der Waals surface area contributed by atoms with E-state index in [1.54, 1.807) is 0 Å². The summed E-state index contributed by atoms with van der Waals surface area (Å²) < 4.78 is 5.56. The van der Waals surface area contributed by atoms with Gasteiger partial charge in [-0.3, -0.25) is 0 Å². The monoisotopic (exact) mass is 197 g/mol. The molecule has 1 saturated heterocycles. The van der Waals surface area contributed by atoms with Crippen LogP contribution in [0.25, 0.3) is 5.32 Å². The van der Waals surface area contributed by atoms with Crippen molar-refractivity contribution in [2.45, 2.75) is 32.0 Å². The van der Waals surface area contributed by atoms with Crippen molar-refractivity contribution >= 4 is 0 Å². The molecule has 2 nitrogen and oxygen atoms in total. The molecule has 0 amide bonds. The summed E-state index contributed by atoms with van der Waals surface area (Å²) in [5, 5.41) is 4.59. The van der Waals surface area contributed by atoms with E-state index in [2.05, 4.69) is 29.6 Å². The molecule has 0 aromatic heterocycles. The molecule has 0 radical (unpaired) electrons. The maximum absolute atomic E-state index is 5.56. The number of hydrogen-bond acceptors (Lipinski definition) is 1. The van der Waals surface area contributed by atoms with Gasteiger partial charge >= 0.3 is 18.9 Å². The molecule has 1 aromatic rings. The van der Waals surface area contributed by atoms with Gasteiger partial charge in [0.2, 0.25) is 0 Å². The predicted molar refractivity (Wildman–Crippen MR) is 57.3 cm³/mol. The van der Waals surface area contributed by atoms with E-state index >= 15 is 0 Å². The van der Waals surface area contributed by atoms with Crippen LogP contribution in [0.1, 0.15) is 19.4 Å². The van der Waals surface area contributed by atoms with Gasteiger partial charge in [-0.05, 0) is 17.7 Å². The Morgan fingerprint density at radius 1 is 1.33 bits per heavy atom. The van der Waals surface area contributed by atoms with Gasteiger partial charge in [0.1, 0.15) is 0 Å². The number of nitrogens with zero attached hydrogens (tertiary/aromatic N) is 1. The molecule has 1 aromatic carbocycles. The molecular weight excluding hydrogens is 181 g/mol. The van der Waals surface area contributed by atoms with Crippen LogP contribution in [0.5, 0.6) is 0 Å². The van der Waals surface area contributed by atoms with Gasteiger partial charge in [-0.25, -0.2) is 0 Å². The van der Waals surface area contributed by atoms with Crippen molar-refractivity contribution in [2.24, 2.45) is 0 Å². The topological polar surface area (TPSA) is 23.3 Å². The van der Waals surface area contributed by atoms with Crippen LogP contribution in [0.2, 0.25) is 0 Å². The Kier molecular flexibility index (Phi) is 4.42. The van der Waals surface area contributed by atoms with Crippen LogP contribution in [0, 0.1) is 0 Å². The van der Waals surface area contributed by atoms with Gasteiger partial charge in [-0.1, -0.05) is 44.2 Å². The minimum Gasteiger partial charge on any atom is -0.629 e.